The van der Waals surface area contributed by atoms with E-state index in [1.54, 1.807) is 4.68 Å². The van der Waals surface area contributed by atoms with Crippen molar-refractivity contribution in [2.45, 2.75) is 26.7 Å². The molecule has 2 N–H and O–H groups in total. The minimum Gasteiger partial charge on any atom is -0.437 e. The summed E-state index contributed by atoms with van der Waals surface area (Å²) in [6.45, 7) is 4.11. The summed E-state index contributed by atoms with van der Waals surface area (Å²) in [4.78, 5) is 0. The van der Waals surface area contributed by atoms with E-state index in [0.717, 1.165) is 34.3 Å². The summed E-state index contributed by atoms with van der Waals surface area (Å²) >= 11 is 3.44. The second-order valence-corrected chi connectivity index (χ2v) is 5.47. The van der Waals surface area contributed by atoms with Crippen molar-refractivity contribution in [2.75, 3.05) is 5.73 Å². The highest BCUT2D eigenvalue weighted by Gasteiger charge is 2.15. The molecule has 1 aromatic heterocycles. The van der Waals surface area contributed by atoms with Crippen LogP contribution in [0.15, 0.2) is 22.7 Å². The highest BCUT2D eigenvalue weighted by Crippen LogP contribution is 2.33. The molecule has 0 bridgehead atoms. The molecule has 0 amide bonds. The lowest BCUT2D eigenvalue weighted by Gasteiger charge is -2.09. The van der Waals surface area contributed by atoms with Crippen LogP contribution in [0.1, 0.15) is 24.6 Å². The number of ether oxygens (including phenoxy) is 1. The number of anilines is 1. The van der Waals surface area contributed by atoms with Gasteiger partial charge in [-0.1, -0.05) is 35.3 Å². The highest BCUT2D eigenvalue weighted by molar-refractivity contribution is 9.10. The molecule has 1 heterocycles. The van der Waals surface area contributed by atoms with E-state index in [-0.39, 0.29) is 0 Å². The molecule has 2 aromatic rings. The Morgan fingerprint density at radius 1 is 1.42 bits per heavy atom. The molecule has 2 rings (SSSR count). The molecule has 0 aliphatic heterocycles. The highest BCUT2D eigenvalue weighted by atomic mass is 79.9. The fraction of sp³-hybridized carbons (Fsp3) is 0.357. The van der Waals surface area contributed by atoms with Crippen LogP contribution in [0.2, 0.25) is 0 Å². The van der Waals surface area contributed by atoms with Crippen LogP contribution in [0.3, 0.4) is 0 Å². The molecule has 0 unspecified atom stereocenters. The average molecular weight is 324 g/mol. The first-order valence-corrected chi connectivity index (χ1v) is 7.07. The van der Waals surface area contributed by atoms with Gasteiger partial charge in [-0.05, 0) is 31.0 Å². The molecule has 19 heavy (non-hydrogen) atoms. The first kappa shape index (κ1) is 13.9. The molecule has 0 radical (unpaired) electrons. The molecule has 0 saturated carbocycles. The number of nitrogens with two attached hydrogens (primary N) is 1. The van der Waals surface area contributed by atoms with Crippen LogP contribution in [0.4, 0.5) is 5.69 Å². The fourth-order valence-electron chi connectivity index (χ4n) is 1.91. The van der Waals surface area contributed by atoms with E-state index in [2.05, 4.69) is 28.0 Å². The molecular formula is C14H18BrN3O. The van der Waals surface area contributed by atoms with Crippen molar-refractivity contribution in [2.24, 2.45) is 7.05 Å². The number of aryl methyl sites for hydroxylation is 3. The van der Waals surface area contributed by atoms with Crippen LogP contribution in [-0.4, -0.2) is 9.78 Å². The molecule has 0 atom stereocenters. The molecule has 4 nitrogen and oxygen atoms in total. The first-order valence-electron chi connectivity index (χ1n) is 6.28. The number of nitrogens with zero attached hydrogens (tertiary/aromatic N) is 2. The average Bonchev–Trinajstić information content (AvgIpc) is 2.62. The molecule has 0 fully saturated rings. The summed E-state index contributed by atoms with van der Waals surface area (Å²) in [6.07, 6.45) is 1.87. The summed E-state index contributed by atoms with van der Waals surface area (Å²) in [5.41, 5.74) is 8.69. The van der Waals surface area contributed by atoms with E-state index in [0.29, 0.717) is 11.6 Å². The van der Waals surface area contributed by atoms with E-state index in [1.165, 1.54) is 0 Å². The van der Waals surface area contributed by atoms with E-state index >= 15 is 0 Å². The molecule has 102 valence electrons. The number of rotatable bonds is 4. The fourth-order valence-corrected chi connectivity index (χ4v) is 2.25. The van der Waals surface area contributed by atoms with Crippen LogP contribution in [0.5, 0.6) is 11.6 Å². The van der Waals surface area contributed by atoms with E-state index in [4.69, 9.17) is 10.5 Å². The Labute approximate surface area is 121 Å². The predicted molar refractivity (Wildman–Crippen MR) is 80.6 cm³/mol. The quantitative estimate of drug-likeness (QED) is 0.930. The zero-order chi connectivity index (χ0) is 14.0. The number of hydrogen-bond acceptors (Lipinski definition) is 3. The van der Waals surface area contributed by atoms with Gasteiger partial charge < -0.3 is 10.5 Å². The van der Waals surface area contributed by atoms with Gasteiger partial charge in [0.25, 0.3) is 0 Å². The van der Waals surface area contributed by atoms with Gasteiger partial charge in [0.1, 0.15) is 11.4 Å². The Morgan fingerprint density at radius 2 is 2.16 bits per heavy atom. The van der Waals surface area contributed by atoms with E-state index in [1.807, 2.05) is 32.2 Å². The molecule has 0 spiro atoms. The van der Waals surface area contributed by atoms with Gasteiger partial charge >= 0.3 is 0 Å². The molecule has 0 saturated heterocycles. The molecule has 0 aliphatic rings. The number of nitrogen functional groups attached to an aromatic ring is 1. The summed E-state index contributed by atoms with van der Waals surface area (Å²) < 4.78 is 8.59. The second kappa shape index (κ2) is 5.65. The predicted octanol–water partition coefficient (Wildman–Crippen LogP) is 3.82. The standard InChI is InChI=1S/C14H18BrN3O/c1-4-5-11-13(16)14(18(3)17-11)19-12-8-10(15)7-6-9(12)2/h6-8H,4-5,16H2,1-3H3. The van der Waals surface area contributed by atoms with Gasteiger partial charge in [-0.15, -0.1) is 0 Å². The first-order chi connectivity index (χ1) is 9.02. The SMILES string of the molecule is CCCc1nn(C)c(Oc2cc(Br)ccc2C)c1N. The zero-order valence-corrected chi connectivity index (χ0v) is 13.0. The van der Waals surface area contributed by atoms with Gasteiger partial charge in [0.15, 0.2) is 0 Å². The van der Waals surface area contributed by atoms with Crippen molar-refractivity contribution >= 4 is 21.6 Å². The number of halogens is 1. The summed E-state index contributed by atoms with van der Waals surface area (Å²) in [5, 5.41) is 4.40. The third-order valence-corrected chi connectivity index (χ3v) is 3.44. The maximum Gasteiger partial charge on any atom is 0.241 e. The van der Waals surface area contributed by atoms with Gasteiger partial charge in [-0.2, -0.15) is 5.10 Å². The van der Waals surface area contributed by atoms with Gasteiger partial charge in [-0.3, -0.25) is 0 Å². The maximum absolute atomic E-state index is 6.11. The minimum absolute atomic E-state index is 0.602. The normalized spacial score (nSPS) is 10.7. The Kier molecular flexibility index (Phi) is 4.14. The van der Waals surface area contributed by atoms with Crippen molar-refractivity contribution < 1.29 is 4.74 Å². The topological polar surface area (TPSA) is 53.1 Å². The smallest absolute Gasteiger partial charge is 0.241 e. The second-order valence-electron chi connectivity index (χ2n) is 4.55. The molecule has 5 heteroatoms. The molecule has 0 aliphatic carbocycles. The van der Waals surface area contributed by atoms with Gasteiger partial charge in [-0.25, -0.2) is 4.68 Å². The lowest BCUT2D eigenvalue weighted by Crippen LogP contribution is -1.98. The Morgan fingerprint density at radius 3 is 2.84 bits per heavy atom. The lowest BCUT2D eigenvalue weighted by atomic mass is 10.2. The largest absolute Gasteiger partial charge is 0.437 e. The van der Waals surface area contributed by atoms with Crippen LogP contribution in [0, 0.1) is 6.92 Å². The number of hydrogen-bond donors (Lipinski definition) is 1. The van der Waals surface area contributed by atoms with Crippen molar-refractivity contribution in [3.05, 3.63) is 33.9 Å². The lowest BCUT2D eigenvalue weighted by molar-refractivity contribution is 0.429. The van der Waals surface area contributed by atoms with Crippen molar-refractivity contribution in [1.29, 1.82) is 0 Å². The number of benzene rings is 1. The Hall–Kier alpha value is -1.49. The van der Waals surface area contributed by atoms with E-state index in [9.17, 15) is 0 Å². The van der Waals surface area contributed by atoms with Crippen LogP contribution in [0.25, 0.3) is 0 Å². The molecule has 1 aromatic carbocycles. The van der Waals surface area contributed by atoms with Crippen molar-refractivity contribution in [3.63, 3.8) is 0 Å². The van der Waals surface area contributed by atoms with Gasteiger partial charge in [0, 0.05) is 11.5 Å². The van der Waals surface area contributed by atoms with Gasteiger partial charge in [0.2, 0.25) is 5.88 Å². The summed E-state index contributed by atoms with van der Waals surface area (Å²) in [5.74, 6) is 1.39. The summed E-state index contributed by atoms with van der Waals surface area (Å²) in [7, 11) is 1.85. The zero-order valence-electron chi connectivity index (χ0n) is 11.4. The van der Waals surface area contributed by atoms with Crippen LogP contribution >= 0.6 is 15.9 Å². The van der Waals surface area contributed by atoms with E-state index < -0.39 is 0 Å². The monoisotopic (exact) mass is 323 g/mol. The number of aromatic nitrogens is 2. The third kappa shape index (κ3) is 2.92. The maximum atomic E-state index is 6.11. The van der Waals surface area contributed by atoms with Crippen LogP contribution < -0.4 is 10.5 Å². The van der Waals surface area contributed by atoms with Crippen LogP contribution in [-0.2, 0) is 13.5 Å². The minimum atomic E-state index is 0.602. The third-order valence-electron chi connectivity index (χ3n) is 2.95. The van der Waals surface area contributed by atoms with Crippen molar-refractivity contribution in [3.8, 4) is 11.6 Å². The van der Waals surface area contributed by atoms with Gasteiger partial charge in [0.05, 0.1) is 5.69 Å². The summed E-state index contributed by atoms with van der Waals surface area (Å²) in [6, 6.07) is 5.91. The Bertz CT molecular complexity index is 593. The van der Waals surface area contributed by atoms with Crippen molar-refractivity contribution in [1.82, 2.24) is 9.78 Å². The Balaban J connectivity index is 2.35. The molecular weight excluding hydrogens is 306 g/mol.